The Balaban J connectivity index is 2.11. The SMILES string of the molecule is COC(=O)c1cc(NC2CC(C)OC(C)C2)ccc1Cl. The summed E-state index contributed by atoms with van der Waals surface area (Å²) in [6, 6.07) is 5.65. The zero-order chi connectivity index (χ0) is 14.7. The van der Waals surface area contributed by atoms with Gasteiger partial charge in [0, 0.05) is 11.7 Å². The van der Waals surface area contributed by atoms with Crippen molar-refractivity contribution >= 4 is 23.3 Å². The van der Waals surface area contributed by atoms with Gasteiger partial charge < -0.3 is 14.8 Å². The van der Waals surface area contributed by atoms with Crippen molar-refractivity contribution in [1.29, 1.82) is 0 Å². The van der Waals surface area contributed by atoms with Crippen LogP contribution in [0, 0.1) is 0 Å². The van der Waals surface area contributed by atoms with Crippen LogP contribution in [0.4, 0.5) is 5.69 Å². The number of hydrogen-bond donors (Lipinski definition) is 1. The second-order valence-electron chi connectivity index (χ2n) is 5.26. The van der Waals surface area contributed by atoms with E-state index in [9.17, 15) is 4.79 Å². The molecule has 1 aromatic rings. The number of benzene rings is 1. The molecule has 2 unspecified atom stereocenters. The van der Waals surface area contributed by atoms with E-state index < -0.39 is 5.97 Å². The molecule has 0 aromatic heterocycles. The third-order valence-electron chi connectivity index (χ3n) is 3.44. The van der Waals surface area contributed by atoms with Gasteiger partial charge in [0.05, 0.1) is 29.9 Å². The Bertz CT molecular complexity index is 482. The van der Waals surface area contributed by atoms with E-state index in [2.05, 4.69) is 19.2 Å². The molecule has 2 rings (SSSR count). The fraction of sp³-hybridized carbons (Fsp3) is 0.533. The summed E-state index contributed by atoms with van der Waals surface area (Å²) in [6.07, 6.45) is 2.37. The molecule has 0 radical (unpaired) electrons. The maximum Gasteiger partial charge on any atom is 0.339 e. The standard InChI is InChI=1S/C15H20ClNO3/c1-9-6-12(7-10(2)20-9)17-11-4-5-14(16)13(8-11)15(18)19-3/h4-5,8-10,12,17H,6-7H2,1-3H3. The van der Waals surface area contributed by atoms with Crippen molar-refractivity contribution in [3.05, 3.63) is 28.8 Å². The minimum absolute atomic E-state index is 0.239. The molecule has 1 fully saturated rings. The maximum absolute atomic E-state index is 11.6. The largest absolute Gasteiger partial charge is 0.465 e. The third-order valence-corrected chi connectivity index (χ3v) is 3.77. The normalized spacial score (nSPS) is 26.1. The van der Waals surface area contributed by atoms with Gasteiger partial charge in [-0.05, 0) is 44.9 Å². The Kier molecular flexibility index (Phi) is 4.89. The van der Waals surface area contributed by atoms with E-state index in [0.717, 1.165) is 18.5 Å². The van der Waals surface area contributed by atoms with Crippen molar-refractivity contribution in [3.63, 3.8) is 0 Å². The highest BCUT2D eigenvalue weighted by Gasteiger charge is 2.24. The average Bonchev–Trinajstić information content (AvgIpc) is 2.39. The zero-order valence-electron chi connectivity index (χ0n) is 12.0. The van der Waals surface area contributed by atoms with Crippen molar-refractivity contribution < 1.29 is 14.3 Å². The van der Waals surface area contributed by atoms with Crippen LogP contribution in [0.25, 0.3) is 0 Å². The van der Waals surface area contributed by atoms with Crippen LogP contribution in [0.3, 0.4) is 0 Å². The molecule has 5 heteroatoms. The van der Waals surface area contributed by atoms with Gasteiger partial charge in [0.25, 0.3) is 0 Å². The molecule has 1 aliphatic heterocycles. The van der Waals surface area contributed by atoms with E-state index in [1.807, 2.05) is 6.07 Å². The van der Waals surface area contributed by atoms with Crippen LogP contribution in [0.5, 0.6) is 0 Å². The summed E-state index contributed by atoms with van der Waals surface area (Å²) in [4.78, 5) is 11.6. The maximum atomic E-state index is 11.6. The summed E-state index contributed by atoms with van der Waals surface area (Å²) in [5, 5.41) is 3.84. The van der Waals surface area contributed by atoms with E-state index in [4.69, 9.17) is 21.1 Å². The molecule has 20 heavy (non-hydrogen) atoms. The molecular weight excluding hydrogens is 278 g/mol. The van der Waals surface area contributed by atoms with Crippen LogP contribution in [0.1, 0.15) is 37.0 Å². The van der Waals surface area contributed by atoms with Crippen LogP contribution in [0.15, 0.2) is 18.2 Å². The lowest BCUT2D eigenvalue weighted by molar-refractivity contribution is -0.0337. The second kappa shape index (κ2) is 6.46. The Morgan fingerprint density at radius 2 is 2.00 bits per heavy atom. The Morgan fingerprint density at radius 1 is 1.35 bits per heavy atom. The lowest BCUT2D eigenvalue weighted by Crippen LogP contribution is -2.36. The minimum atomic E-state index is -0.424. The van der Waals surface area contributed by atoms with Gasteiger partial charge in [-0.25, -0.2) is 4.79 Å². The van der Waals surface area contributed by atoms with Gasteiger partial charge in [-0.15, -0.1) is 0 Å². The van der Waals surface area contributed by atoms with Crippen LogP contribution in [-0.2, 0) is 9.47 Å². The number of rotatable bonds is 3. The predicted octanol–water partition coefficient (Wildman–Crippen LogP) is 3.49. The smallest absolute Gasteiger partial charge is 0.339 e. The van der Waals surface area contributed by atoms with Gasteiger partial charge in [-0.1, -0.05) is 11.6 Å². The fourth-order valence-corrected chi connectivity index (χ4v) is 2.83. The minimum Gasteiger partial charge on any atom is -0.465 e. The molecule has 0 spiro atoms. The summed E-state index contributed by atoms with van der Waals surface area (Å²) in [5.41, 5.74) is 1.26. The van der Waals surface area contributed by atoms with Crippen LogP contribution >= 0.6 is 11.6 Å². The summed E-state index contributed by atoms with van der Waals surface area (Å²) in [7, 11) is 1.35. The Morgan fingerprint density at radius 3 is 2.60 bits per heavy atom. The number of nitrogens with one attached hydrogen (secondary N) is 1. The molecule has 4 nitrogen and oxygen atoms in total. The van der Waals surface area contributed by atoms with Gasteiger partial charge >= 0.3 is 5.97 Å². The highest BCUT2D eigenvalue weighted by atomic mass is 35.5. The number of carbonyl (C=O) groups excluding carboxylic acids is 1. The van der Waals surface area contributed by atoms with Crippen molar-refractivity contribution in [2.75, 3.05) is 12.4 Å². The van der Waals surface area contributed by atoms with E-state index in [-0.39, 0.29) is 12.2 Å². The molecule has 2 atom stereocenters. The highest BCUT2D eigenvalue weighted by molar-refractivity contribution is 6.33. The zero-order valence-corrected chi connectivity index (χ0v) is 12.7. The first kappa shape index (κ1) is 15.1. The van der Waals surface area contributed by atoms with Crippen molar-refractivity contribution in [2.45, 2.75) is 44.9 Å². The van der Waals surface area contributed by atoms with Crippen LogP contribution in [-0.4, -0.2) is 31.3 Å². The first-order valence-corrected chi connectivity index (χ1v) is 7.17. The monoisotopic (exact) mass is 297 g/mol. The van der Waals surface area contributed by atoms with E-state index >= 15 is 0 Å². The first-order chi connectivity index (χ1) is 9.49. The van der Waals surface area contributed by atoms with Gasteiger partial charge in [-0.3, -0.25) is 0 Å². The van der Waals surface area contributed by atoms with E-state index in [0.29, 0.717) is 16.6 Å². The van der Waals surface area contributed by atoms with Crippen molar-refractivity contribution in [1.82, 2.24) is 0 Å². The summed E-state index contributed by atoms with van der Waals surface area (Å²) in [6.45, 7) is 4.15. The number of halogens is 1. The van der Waals surface area contributed by atoms with Crippen LogP contribution < -0.4 is 5.32 Å². The molecule has 1 saturated heterocycles. The summed E-state index contributed by atoms with van der Waals surface area (Å²) in [5.74, 6) is -0.424. The molecule has 0 bridgehead atoms. The van der Waals surface area contributed by atoms with Gasteiger partial charge in [-0.2, -0.15) is 0 Å². The van der Waals surface area contributed by atoms with Gasteiger partial charge in [0.15, 0.2) is 0 Å². The molecule has 0 amide bonds. The molecule has 1 N–H and O–H groups in total. The molecule has 0 aliphatic carbocycles. The molecule has 0 saturated carbocycles. The Labute approximate surface area is 124 Å². The number of methoxy groups -OCH3 is 1. The Hall–Kier alpha value is -1.26. The fourth-order valence-electron chi connectivity index (χ4n) is 2.64. The topological polar surface area (TPSA) is 47.6 Å². The number of ether oxygens (including phenoxy) is 2. The number of esters is 1. The molecule has 110 valence electrons. The second-order valence-corrected chi connectivity index (χ2v) is 5.66. The van der Waals surface area contributed by atoms with E-state index in [1.54, 1.807) is 12.1 Å². The van der Waals surface area contributed by atoms with Crippen LogP contribution in [0.2, 0.25) is 5.02 Å². The number of anilines is 1. The quantitative estimate of drug-likeness (QED) is 0.868. The summed E-state index contributed by atoms with van der Waals surface area (Å²) < 4.78 is 10.4. The molecular formula is C15H20ClNO3. The molecule has 1 aromatic carbocycles. The predicted molar refractivity (Wildman–Crippen MR) is 79.4 cm³/mol. The van der Waals surface area contributed by atoms with Gasteiger partial charge in [0.2, 0.25) is 0 Å². The average molecular weight is 298 g/mol. The number of carbonyl (C=O) groups is 1. The molecule has 1 aliphatic rings. The van der Waals surface area contributed by atoms with Gasteiger partial charge in [0.1, 0.15) is 0 Å². The third kappa shape index (κ3) is 3.64. The van der Waals surface area contributed by atoms with Crippen molar-refractivity contribution in [2.24, 2.45) is 0 Å². The number of hydrogen-bond acceptors (Lipinski definition) is 4. The first-order valence-electron chi connectivity index (χ1n) is 6.79. The molecule has 1 heterocycles. The lowest BCUT2D eigenvalue weighted by Gasteiger charge is -2.33. The lowest BCUT2D eigenvalue weighted by atomic mass is 9.99. The van der Waals surface area contributed by atoms with Crippen molar-refractivity contribution in [3.8, 4) is 0 Å². The summed E-state index contributed by atoms with van der Waals surface area (Å²) >= 11 is 6.01. The van der Waals surface area contributed by atoms with E-state index in [1.165, 1.54) is 7.11 Å². The highest BCUT2D eigenvalue weighted by Crippen LogP contribution is 2.25.